The Kier molecular flexibility index (Phi) is 14.2. The summed E-state index contributed by atoms with van der Waals surface area (Å²) in [6.45, 7) is 8.04. The molecule has 12 nitrogen and oxygen atoms in total. The first-order valence-electron chi connectivity index (χ1n) is 27.2. The molecule has 3 aromatic carbocycles. The van der Waals surface area contributed by atoms with Crippen LogP contribution in [0.25, 0.3) is 0 Å². The summed E-state index contributed by atoms with van der Waals surface area (Å²) in [6, 6.07) is 17.8. The van der Waals surface area contributed by atoms with Crippen molar-refractivity contribution in [3.05, 3.63) is 93.2 Å². The molecule has 384 valence electrons. The molecule has 2 unspecified atom stereocenters. The van der Waals surface area contributed by atoms with E-state index < -0.39 is 28.7 Å². The Morgan fingerprint density at radius 3 is 2.04 bits per heavy atom. The zero-order valence-corrected chi connectivity index (χ0v) is 43.0. The zero-order chi connectivity index (χ0) is 49.7. The number of nitrogens with zero attached hydrogens (tertiary/aromatic N) is 4. The van der Waals surface area contributed by atoms with E-state index in [1.54, 1.807) is 24.3 Å². The third-order valence-corrected chi connectivity index (χ3v) is 19.3. The third-order valence-electron chi connectivity index (χ3n) is 18.8. The van der Waals surface area contributed by atoms with Gasteiger partial charge in [-0.2, -0.15) is 0 Å². The Labute approximate surface area is 433 Å². The zero-order valence-electron chi connectivity index (χ0n) is 41.5. The normalized spacial score (nSPS) is 27.9. The molecular weight excluding hydrogens is 953 g/mol. The molecule has 7 heterocycles. The van der Waals surface area contributed by atoms with Crippen molar-refractivity contribution in [2.45, 2.75) is 132 Å². The summed E-state index contributed by atoms with van der Waals surface area (Å²) in [5, 5.41) is 9.81. The van der Waals surface area contributed by atoms with Gasteiger partial charge in [0, 0.05) is 86.0 Å². The Balaban J connectivity index is 0.646. The molecule has 4 atom stereocenters. The number of carbonyl (C=O) groups excluding carboxylic acids is 5. The topological polar surface area (TPSA) is 134 Å². The molecule has 3 aromatic rings. The van der Waals surface area contributed by atoms with Crippen LogP contribution in [-0.2, 0) is 29.4 Å². The van der Waals surface area contributed by atoms with Crippen molar-refractivity contribution >= 4 is 64.1 Å². The van der Waals surface area contributed by atoms with E-state index in [1.807, 2.05) is 11.0 Å². The largest absolute Gasteiger partial charge is 0.372 e. The first-order valence-corrected chi connectivity index (χ1v) is 28.0. The second-order valence-electron chi connectivity index (χ2n) is 22.7. The summed E-state index contributed by atoms with van der Waals surface area (Å²) >= 11 is 12.9. The molecule has 0 bridgehead atoms. The molecule has 2 spiro atoms. The van der Waals surface area contributed by atoms with Crippen molar-refractivity contribution in [3.63, 3.8) is 0 Å². The van der Waals surface area contributed by atoms with Crippen molar-refractivity contribution in [2.24, 2.45) is 23.7 Å². The molecule has 7 aliphatic heterocycles. The predicted molar refractivity (Wildman–Crippen MR) is 278 cm³/mol. The van der Waals surface area contributed by atoms with E-state index in [-0.39, 0.29) is 52.0 Å². The minimum Gasteiger partial charge on any atom is -0.372 e. The van der Waals surface area contributed by atoms with Crippen LogP contribution in [0.2, 0.25) is 10.0 Å². The minimum absolute atomic E-state index is 0.0478. The van der Waals surface area contributed by atoms with Crippen molar-refractivity contribution in [2.75, 3.05) is 69.1 Å². The Morgan fingerprint density at radius 1 is 0.694 bits per heavy atom. The highest BCUT2D eigenvalue weighted by Gasteiger charge is 2.72. The highest BCUT2D eigenvalue weighted by atomic mass is 35.5. The predicted octanol–water partition coefficient (Wildman–Crippen LogP) is 8.80. The van der Waals surface area contributed by atoms with Crippen molar-refractivity contribution in [1.82, 2.24) is 25.3 Å². The summed E-state index contributed by atoms with van der Waals surface area (Å²) in [6.07, 6.45) is 14.4. The van der Waals surface area contributed by atoms with Crippen LogP contribution in [0, 0.1) is 29.5 Å². The van der Waals surface area contributed by atoms with Gasteiger partial charge < -0.3 is 24.9 Å². The van der Waals surface area contributed by atoms with Gasteiger partial charge in [0.05, 0.1) is 17.0 Å². The van der Waals surface area contributed by atoms with Gasteiger partial charge >= 0.3 is 0 Å². The fraction of sp³-hybridized carbons (Fsp3) is 0.596. The third kappa shape index (κ3) is 9.25. The summed E-state index contributed by atoms with van der Waals surface area (Å²) in [5.41, 5.74) is 1.70. The number of rotatable bonds is 9. The van der Waals surface area contributed by atoms with Crippen LogP contribution in [0.1, 0.15) is 131 Å². The van der Waals surface area contributed by atoms with Gasteiger partial charge in [-0.1, -0.05) is 72.8 Å². The number of likely N-dealkylation sites (tertiary alicyclic amines) is 3. The fourth-order valence-electron chi connectivity index (χ4n) is 14.9. The Hall–Kier alpha value is -4.56. The van der Waals surface area contributed by atoms with Gasteiger partial charge in [-0.25, -0.2) is 4.39 Å². The molecule has 5 amide bonds. The van der Waals surface area contributed by atoms with Gasteiger partial charge in [-0.05, 0) is 155 Å². The number of halogens is 3. The van der Waals surface area contributed by atoms with Crippen LogP contribution in [0.15, 0.2) is 60.7 Å². The number of imide groups is 1. The number of nitrogens with one attached hydrogen (secondary N) is 3. The SMILES string of the molecule is O=C1CCC(c2ccc(N3CCC(CN4CCC(CC5CCN(C(=O)C6CCN(C(=O)[C@@H]7NC8(CCCCC8)[C@@]8(C(=O)Nc9cc(Cl)ccc98)C7c7cccc(Cl)c7F)CC6)CC5)CC4)CC3)cc2)C(=O)N1. The molecule has 15 heteroatoms. The second-order valence-corrected chi connectivity index (χ2v) is 23.6. The number of carbonyl (C=O) groups is 5. The van der Waals surface area contributed by atoms with Gasteiger partial charge in [0.15, 0.2) is 0 Å². The first-order chi connectivity index (χ1) is 34.9. The number of fused-ring (bicyclic) bond motifs is 3. The van der Waals surface area contributed by atoms with Crippen LogP contribution in [0.5, 0.6) is 0 Å². The molecule has 7 fully saturated rings. The highest BCUT2D eigenvalue weighted by molar-refractivity contribution is 6.31. The second kappa shape index (κ2) is 20.6. The first kappa shape index (κ1) is 49.6. The minimum atomic E-state index is -1.28. The fourth-order valence-corrected chi connectivity index (χ4v) is 15.3. The Bertz CT molecular complexity index is 2540. The summed E-state index contributed by atoms with van der Waals surface area (Å²) in [4.78, 5) is 77.0. The molecule has 3 N–H and O–H groups in total. The van der Waals surface area contributed by atoms with E-state index in [0.29, 0.717) is 74.2 Å². The average Bonchev–Trinajstić information content (AvgIpc) is 3.85. The Morgan fingerprint density at radius 2 is 1.35 bits per heavy atom. The summed E-state index contributed by atoms with van der Waals surface area (Å²) in [5.74, 6) is -0.357. The lowest BCUT2D eigenvalue weighted by Gasteiger charge is -2.47. The molecule has 1 saturated carbocycles. The number of piperidine rings is 5. The number of benzene rings is 3. The van der Waals surface area contributed by atoms with E-state index in [2.05, 4.69) is 54.9 Å². The average molecular weight is 1020 g/mol. The molecular formula is C57H70Cl2FN7O5. The maximum Gasteiger partial charge on any atom is 0.240 e. The van der Waals surface area contributed by atoms with Crippen molar-refractivity contribution in [3.8, 4) is 0 Å². The summed E-state index contributed by atoms with van der Waals surface area (Å²) < 4.78 is 16.4. The molecule has 0 aromatic heterocycles. The van der Waals surface area contributed by atoms with Crippen LogP contribution in [0.4, 0.5) is 15.8 Å². The molecule has 1 aliphatic carbocycles. The number of anilines is 2. The molecule has 0 radical (unpaired) electrons. The van der Waals surface area contributed by atoms with Crippen molar-refractivity contribution < 1.29 is 28.4 Å². The van der Waals surface area contributed by atoms with Gasteiger partial charge in [-0.15, -0.1) is 0 Å². The summed E-state index contributed by atoms with van der Waals surface area (Å²) in [7, 11) is 0. The van der Waals surface area contributed by atoms with E-state index in [4.69, 9.17) is 23.2 Å². The van der Waals surface area contributed by atoms with Crippen LogP contribution < -0.4 is 20.9 Å². The number of amides is 5. The van der Waals surface area contributed by atoms with E-state index >= 15 is 9.18 Å². The molecule has 72 heavy (non-hydrogen) atoms. The van der Waals surface area contributed by atoms with E-state index in [0.717, 1.165) is 75.3 Å². The highest BCUT2D eigenvalue weighted by Crippen LogP contribution is 2.63. The van der Waals surface area contributed by atoms with E-state index in [9.17, 15) is 19.2 Å². The van der Waals surface area contributed by atoms with Gasteiger partial charge in [0.1, 0.15) is 11.2 Å². The number of hydrogen-bond acceptors (Lipinski definition) is 8. The van der Waals surface area contributed by atoms with Crippen LogP contribution in [0.3, 0.4) is 0 Å². The van der Waals surface area contributed by atoms with Crippen LogP contribution in [-0.4, -0.2) is 115 Å². The molecule has 6 saturated heterocycles. The standard InChI is InChI=1S/C57H70Cl2FN7O5/c58-41-9-13-45-47(34-41)61-55(72)57(45)49(44-5-4-6-46(59)50(44)60)51(63-56(57)23-2-1-3-24-56)54(71)67-31-21-40(22-32-67)53(70)66-29-17-37(18-30-66)33-36-15-25-64(26-16-36)35-38-19-27-65(28-20-38)42-10-7-39(8-11-42)43-12-14-48(68)62-52(43)69/h4-11,13,34,36-38,40,43,49,51,63H,1-3,12,14-33,35H2,(H,61,72)(H,62,68,69)/t43?,49?,51-,57-/m1/s1. The lowest BCUT2D eigenvalue weighted by Crippen LogP contribution is -2.60. The van der Waals surface area contributed by atoms with E-state index in [1.165, 1.54) is 63.5 Å². The van der Waals surface area contributed by atoms with Gasteiger partial charge in [-0.3, -0.25) is 34.6 Å². The number of hydrogen-bond donors (Lipinski definition) is 3. The molecule has 11 rings (SSSR count). The lowest BCUT2D eigenvalue weighted by atomic mass is 9.55. The van der Waals surface area contributed by atoms with Crippen LogP contribution >= 0.6 is 23.2 Å². The van der Waals surface area contributed by atoms with Gasteiger partial charge in [0.25, 0.3) is 0 Å². The van der Waals surface area contributed by atoms with Crippen molar-refractivity contribution in [1.29, 1.82) is 0 Å². The smallest absolute Gasteiger partial charge is 0.240 e. The maximum absolute atomic E-state index is 16.4. The van der Waals surface area contributed by atoms with Gasteiger partial charge in [0.2, 0.25) is 29.5 Å². The quantitative estimate of drug-likeness (QED) is 0.181. The monoisotopic (exact) mass is 1020 g/mol. The lowest BCUT2D eigenvalue weighted by molar-refractivity contribution is -0.142. The molecule has 8 aliphatic rings. The maximum atomic E-state index is 16.4.